The molecular formula is C14H17NO2. The van der Waals surface area contributed by atoms with Crippen molar-refractivity contribution < 1.29 is 9.90 Å². The first-order chi connectivity index (χ1) is 8.25. The predicted octanol–water partition coefficient (Wildman–Crippen LogP) is 2.08. The van der Waals surface area contributed by atoms with Crippen LogP contribution in [0, 0.1) is 5.92 Å². The number of aliphatic carboxylic acids is 1. The third kappa shape index (κ3) is 1.84. The van der Waals surface area contributed by atoms with E-state index in [1.165, 1.54) is 11.1 Å². The highest BCUT2D eigenvalue weighted by Crippen LogP contribution is 2.38. The number of fused-ring (bicyclic) bond motifs is 3. The van der Waals surface area contributed by atoms with Gasteiger partial charge in [-0.3, -0.25) is 9.69 Å². The number of hydrogen-bond acceptors (Lipinski definition) is 2. The lowest BCUT2D eigenvalue weighted by molar-refractivity contribution is -0.144. The Labute approximate surface area is 101 Å². The molecular weight excluding hydrogens is 214 g/mol. The maximum atomic E-state index is 11.1. The lowest BCUT2D eigenvalue weighted by atomic mass is 9.82. The average Bonchev–Trinajstić information content (AvgIpc) is 2.38. The fourth-order valence-electron chi connectivity index (χ4n) is 3.18. The summed E-state index contributed by atoms with van der Waals surface area (Å²) >= 11 is 0. The summed E-state index contributed by atoms with van der Waals surface area (Å²) in [5.74, 6) is -0.796. The molecule has 1 aromatic carbocycles. The number of carboxylic acids is 1. The quantitative estimate of drug-likeness (QED) is 0.804. The van der Waals surface area contributed by atoms with E-state index < -0.39 is 5.97 Å². The molecule has 0 bridgehead atoms. The normalized spacial score (nSPS) is 28.2. The summed E-state index contributed by atoms with van der Waals surface area (Å²) in [4.78, 5) is 13.6. The van der Waals surface area contributed by atoms with E-state index in [4.69, 9.17) is 5.11 Å². The summed E-state index contributed by atoms with van der Waals surface area (Å²) in [6.07, 6.45) is 2.67. The standard InChI is InChI=1S/C14H17NO2/c16-14(17)11-6-8-15-7-5-10-3-1-2-4-12(10)13(15)9-11/h1-4,11,13H,5-9H2,(H,16,17). The molecule has 1 N–H and O–H groups in total. The molecule has 0 aliphatic carbocycles. The summed E-state index contributed by atoms with van der Waals surface area (Å²) in [6.45, 7) is 2.00. The average molecular weight is 231 g/mol. The second kappa shape index (κ2) is 4.15. The highest BCUT2D eigenvalue weighted by atomic mass is 16.4. The lowest BCUT2D eigenvalue weighted by Crippen LogP contribution is -2.42. The van der Waals surface area contributed by atoms with Gasteiger partial charge in [0.25, 0.3) is 0 Å². The minimum Gasteiger partial charge on any atom is -0.481 e. The van der Waals surface area contributed by atoms with Gasteiger partial charge in [-0.15, -0.1) is 0 Å². The van der Waals surface area contributed by atoms with E-state index in [0.29, 0.717) is 6.04 Å². The van der Waals surface area contributed by atoms with Crippen LogP contribution >= 0.6 is 0 Å². The molecule has 2 atom stereocenters. The molecule has 0 saturated carbocycles. The van der Waals surface area contributed by atoms with Crippen molar-refractivity contribution in [3.8, 4) is 0 Å². The van der Waals surface area contributed by atoms with Crippen LogP contribution in [0.4, 0.5) is 0 Å². The van der Waals surface area contributed by atoms with Crippen LogP contribution in [0.5, 0.6) is 0 Å². The first kappa shape index (κ1) is 10.8. The van der Waals surface area contributed by atoms with Crippen molar-refractivity contribution in [3.05, 3.63) is 35.4 Å². The Kier molecular flexibility index (Phi) is 2.63. The van der Waals surface area contributed by atoms with E-state index >= 15 is 0 Å². The zero-order valence-electron chi connectivity index (χ0n) is 9.80. The molecule has 2 aliphatic heterocycles. The highest BCUT2D eigenvalue weighted by molar-refractivity contribution is 5.70. The number of hydrogen-bond donors (Lipinski definition) is 1. The molecule has 2 unspecified atom stereocenters. The van der Waals surface area contributed by atoms with E-state index in [0.717, 1.165) is 32.4 Å². The minimum absolute atomic E-state index is 0.164. The van der Waals surface area contributed by atoms with E-state index in [1.54, 1.807) is 0 Å². The van der Waals surface area contributed by atoms with Crippen molar-refractivity contribution in [2.75, 3.05) is 13.1 Å². The van der Waals surface area contributed by atoms with Crippen LogP contribution in [0.3, 0.4) is 0 Å². The van der Waals surface area contributed by atoms with Gasteiger partial charge in [-0.05, 0) is 36.9 Å². The Morgan fingerprint density at radius 1 is 1.29 bits per heavy atom. The smallest absolute Gasteiger partial charge is 0.306 e. The molecule has 0 radical (unpaired) electrons. The molecule has 0 amide bonds. The Balaban J connectivity index is 1.91. The molecule has 1 saturated heterocycles. The molecule has 1 fully saturated rings. The third-order valence-corrected chi connectivity index (χ3v) is 4.15. The maximum Gasteiger partial charge on any atom is 0.306 e. The molecule has 3 nitrogen and oxygen atoms in total. The van der Waals surface area contributed by atoms with E-state index in [1.807, 2.05) is 0 Å². The molecule has 17 heavy (non-hydrogen) atoms. The highest BCUT2D eigenvalue weighted by Gasteiger charge is 2.35. The third-order valence-electron chi connectivity index (χ3n) is 4.15. The molecule has 0 aromatic heterocycles. The summed E-state index contributed by atoms with van der Waals surface area (Å²) in [6, 6.07) is 8.81. The van der Waals surface area contributed by atoms with Gasteiger partial charge in [-0.1, -0.05) is 24.3 Å². The first-order valence-electron chi connectivity index (χ1n) is 6.30. The van der Waals surface area contributed by atoms with Crippen molar-refractivity contribution in [3.63, 3.8) is 0 Å². The number of rotatable bonds is 1. The van der Waals surface area contributed by atoms with Crippen LogP contribution in [0.1, 0.15) is 30.0 Å². The van der Waals surface area contributed by atoms with Gasteiger partial charge in [0, 0.05) is 12.6 Å². The second-order valence-electron chi connectivity index (χ2n) is 5.06. The van der Waals surface area contributed by atoms with Crippen LogP contribution in [0.25, 0.3) is 0 Å². The summed E-state index contributed by atoms with van der Waals surface area (Å²) in [5.41, 5.74) is 2.75. The van der Waals surface area contributed by atoms with E-state index in [2.05, 4.69) is 29.2 Å². The van der Waals surface area contributed by atoms with Gasteiger partial charge in [0.2, 0.25) is 0 Å². The van der Waals surface area contributed by atoms with Gasteiger partial charge in [-0.25, -0.2) is 0 Å². The molecule has 3 heteroatoms. The van der Waals surface area contributed by atoms with Crippen molar-refractivity contribution in [2.45, 2.75) is 25.3 Å². The Bertz CT molecular complexity index is 444. The van der Waals surface area contributed by atoms with Crippen molar-refractivity contribution in [2.24, 2.45) is 5.92 Å². The molecule has 2 heterocycles. The summed E-state index contributed by atoms with van der Waals surface area (Å²) in [5, 5.41) is 9.16. The Morgan fingerprint density at radius 3 is 2.94 bits per heavy atom. The monoisotopic (exact) mass is 231 g/mol. The van der Waals surface area contributed by atoms with E-state index in [9.17, 15) is 4.79 Å². The van der Waals surface area contributed by atoms with Crippen LogP contribution in [0.2, 0.25) is 0 Å². The van der Waals surface area contributed by atoms with Gasteiger partial charge in [-0.2, -0.15) is 0 Å². The van der Waals surface area contributed by atoms with Crippen LogP contribution in [-0.4, -0.2) is 29.1 Å². The summed E-state index contributed by atoms with van der Waals surface area (Å²) < 4.78 is 0. The number of piperidine rings is 1. The van der Waals surface area contributed by atoms with Crippen LogP contribution < -0.4 is 0 Å². The Hall–Kier alpha value is -1.35. The topological polar surface area (TPSA) is 40.5 Å². The van der Waals surface area contributed by atoms with Crippen LogP contribution in [-0.2, 0) is 11.2 Å². The molecule has 2 aliphatic rings. The van der Waals surface area contributed by atoms with Gasteiger partial charge in [0.05, 0.1) is 5.92 Å². The molecule has 90 valence electrons. The first-order valence-corrected chi connectivity index (χ1v) is 6.30. The minimum atomic E-state index is -0.632. The number of carboxylic acid groups (broad SMARTS) is 1. The lowest BCUT2D eigenvalue weighted by Gasteiger charge is -2.42. The molecule has 3 rings (SSSR count). The summed E-state index contributed by atoms with van der Waals surface area (Å²) in [7, 11) is 0. The zero-order chi connectivity index (χ0) is 11.8. The number of benzene rings is 1. The Morgan fingerprint density at radius 2 is 2.12 bits per heavy atom. The predicted molar refractivity (Wildman–Crippen MR) is 64.8 cm³/mol. The fraction of sp³-hybridized carbons (Fsp3) is 0.500. The fourth-order valence-corrected chi connectivity index (χ4v) is 3.18. The zero-order valence-corrected chi connectivity index (χ0v) is 9.80. The largest absolute Gasteiger partial charge is 0.481 e. The molecule has 0 spiro atoms. The van der Waals surface area contributed by atoms with Gasteiger partial charge >= 0.3 is 5.97 Å². The van der Waals surface area contributed by atoms with Gasteiger partial charge in [0.1, 0.15) is 0 Å². The second-order valence-corrected chi connectivity index (χ2v) is 5.06. The van der Waals surface area contributed by atoms with Crippen LogP contribution in [0.15, 0.2) is 24.3 Å². The van der Waals surface area contributed by atoms with Crippen molar-refractivity contribution >= 4 is 5.97 Å². The van der Waals surface area contributed by atoms with Crippen molar-refractivity contribution in [1.29, 1.82) is 0 Å². The molecule has 1 aromatic rings. The van der Waals surface area contributed by atoms with Crippen molar-refractivity contribution in [1.82, 2.24) is 4.90 Å². The number of nitrogens with zero attached hydrogens (tertiary/aromatic N) is 1. The van der Waals surface area contributed by atoms with E-state index in [-0.39, 0.29) is 5.92 Å². The van der Waals surface area contributed by atoms with Gasteiger partial charge < -0.3 is 5.11 Å². The SMILES string of the molecule is O=C(O)C1CCN2CCc3ccccc3C2C1. The number of carbonyl (C=O) groups is 1. The maximum absolute atomic E-state index is 11.1. The van der Waals surface area contributed by atoms with Gasteiger partial charge in [0.15, 0.2) is 0 Å².